The SMILES string of the molecule is CCOCCC1(CNC(=NC)NC(C)c2cccc(Cl)c2)CC1. The second kappa shape index (κ2) is 8.55. The van der Waals surface area contributed by atoms with Crippen molar-refractivity contribution in [2.24, 2.45) is 10.4 Å². The van der Waals surface area contributed by atoms with Crippen molar-refractivity contribution in [1.82, 2.24) is 10.6 Å². The lowest BCUT2D eigenvalue weighted by molar-refractivity contribution is 0.128. The fraction of sp³-hybridized carbons (Fsp3) is 0.611. The Balaban J connectivity index is 1.82. The van der Waals surface area contributed by atoms with Crippen molar-refractivity contribution >= 4 is 17.6 Å². The summed E-state index contributed by atoms with van der Waals surface area (Å²) in [7, 11) is 1.81. The molecule has 1 aliphatic rings. The van der Waals surface area contributed by atoms with Crippen LogP contribution in [0.4, 0.5) is 0 Å². The molecule has 5 heteroatoms. The van der Waals surface area contributed by atoms with E-state index in [1.807, 2.05) is 25.1 Å². The van der Waals surface area contributed by atoms with E-state index in [4.69, 9.17) is 16.3 Å². The third kappa shape index (κ3) is 5.70. The van der Waals surface area contributed by atoms with Gasteiger partial charge in [-0.2, -0.15) is 0 Å². The highest BCUT2D eigenvalue weighted by atomic mass is 35.5. The third-order valence-electron chi connectivity index (χ3n) is 4.49. The second-order valence-corrected chi connectivity index (χ2v) is 6.73. The van der Waals surface area contributed by atoms with E-state index in [2.05, 4.69) is 28.6 Å². The number of nitrogens with one attached hydrogen (secondary N) is 2. The molecule has 128 valence electrons. The van der Waals surface area contributed by atoms with Gasteiger partial charge in [-0.05, 0) is 56.2 Å². The van der Waals surface area contributed by atoms with Crippen LogP contribution in [0.1, 0.15) is 44.7 Å². The predicted molar refractivity (Wildman–Crippen MR) is 97.1 cm³/mol. The third-order valence-corrected chi connectivity index (χ3v) is 4.73. The van der Waals surface area contributed by atoms with Gasteiger partial charge in [-0.25, -0.2) is 0 Å². The summed E-state index contributed by atoms with van der Waals surface area (Å²) in [5, 5.41) is 7.65. The number of nitrogens with zero attached hydrogens (tertiary/aromatic N) is 1. The monoisotopic (exact) mass is 337 g/mol. The summed E-state index contributed by atoms with van der Waals surface area (Å²) >= 11 is 6.06. The molecule has 1 atom stereocenters. The van der Waals surface area contributed by atoms with Crippen LogP contribution in [-0.2, 0) is 4.74 Å². The molecule has 0 amide bonds. The van der Waals surface area contributed by atoms with Gasteiger partial charge >= 0.3 is 0 Å². The predicted octanol–water partition coefficient (Wildman–Crippen LogP) is 3.77. The first-order valence-electron chi connectivity index (χ1n) is 8.39. The fourth-order valence-electron chi connectivity index (χ4n) is 2.66. The van der Waals surface area contributed by atoms with Crippen LogP contribution in [0.2, 0.25) is 5.02 Å². The van der Waals surface area contributed by atoms with Crippen molar-refractivity contribution in [2.75, 3.05) is 26.8 Å². The number of guanidine groups is 1. The van der Waals surface area contributed by atoms with Crippen molar-refractivity contribution in [3.63, 3.8) is 0 Å². The van der Waals surface area contributed by atoms with Crippen molar-refractivity contribution in [3.8, 4) is 0 Å². The molecule has 23 heavy (non-hydrogen) atoms. The first kappa shape index (κ1) is 18.1. The van der Waals surface area contributed by atoms with Gasteiger partial charge in [0.15, 0.2) is 5.96 Å². The maximum absolute atomic E-state index is 6.06. The van der Waals surface area contributed by atoms with E-state index in [0.29, 0.717) is 5.41 Å². The van der Waals surface area contributed by atoms with E-state index in [9.17, 15) is 0 Å². The molecule has 1 aromatic rings. The standard InChI is InChI=1S/C18H28ClN3O/c1-4-23-11-10-18(8-9-18)13-21-17(20-3)22-14(2)15-6-5-7-16(19)12-15/h5-7,12,14H,4,8-11,13H2,1-3H3,(H2,20,21,22). The zero-order valence-electron chi connectivity index (χ0n) is 14.4. The highest BCUT2D eigenvalue weighted by Crippen LogP contribution is 2.48. The van der Waals surface area contributed by atoms with E-state index in [0.717, 1.165) is 42.7 Å². The van der Waals surface area contributed by atoms with E-state index in [-0.39, 0.29) is 6.04 Å². The second-order valence-electron chi connectivity index (χ2n) is 6.29. The number of halogens is 1. The van der Waals surface area contributed by atoms with Gasteiger partial charge in [0.25, 0.3) is 0 Å². The van der Waals surface area contributed by atoms with Gasteiger partial charge < -0.3 is 15.4 Å². The number of benzene rings is 1. The quantitative estimate of drug-likeness (QED) is 0.431. The molecule has 0 spiro atoms. The number of aliphatic imine (C=N–C) groups is 1. The van der Waals surface area contributed by atoms with E-state index < -0.39 is 0 Å². The molecular weight excluding hydrogens is 310 g/mol. The Hall–Kier alpha value is -1.26. The minimum Gasteiger partial charge on any atom is -0.382 e. The largest absolute Gasteiger partial charge is 0.382 e. The number of ether oxygens (including phenoxy) is 1. The molecule has 2 rings (SSSR count). The average molecular weight is 338 g/mol. The summed E-state index contributed by atoms with van der Waals surface area (Å²) < 4.78 is 5.49. The smallest absolute Gasteiger partial charge is 0.191 e. The Morgan fingerprint density at radius 2 is 2.22 bits per heavy atom. The van der Waals surface area contributed by atoms with E-state index >= 15 is 0 Å². The molecule has 1 aliphatic carbocycles. The molecule has 0 saturated heterocycles. The molecule has 1 saturated carbocycles. The van der Waals surface area contributed by atoms with Crippen LogP contribution >= 0.6 is 11.6 Å². The lowest BCUT2D eigenvalue weighted by Gasteiger charge is -2.21. The maximum atomic E-state index is 6.06. The molecule has 0 aliphatic heterocycles. The summed E-state index contributed by atoms with van der Waals surface area (Å²) in [5.74, 6) is 0.833. The molecule has 1 unspecified atom stereocenters. The summed E-state index contributed by atoms with van der Waals surface area (Å²) in [5.41, 5.74) is 1.55. The highest BCUT2D eigenvalue weighted by Gasteiger charge is 2.41. The summed E-state index contributed by atoms with van der Waals surface area (Å²) in [6, 6.07) is 8.07. The number of hydrogen-bond donors (Lipinski definition) is 2. The van der Waals surface area contributed by atoms with Gasteiger partial charge in [-0.15, -0.1) is 0 Å². The van der Waals surface area contributed by atoms with Crippen LogP contribution in [0.5, 0.6) is 0 Å². The zero-order valence-corrected chi connectivity index (χ0v) is 15.1. The van der Waals surface area contributed by atoms with Crippen LogP contribution in [-0.4, -0.2) is 32.8 Å². The average Bonchev–Trinajstić information content (AvgIpc) is 3.31. The maximum Gasteiger partial charge on any atom is 0.191 e. The fourth-order valence-corrected chi connectivity index (χ4v) is 2.85. The van der Waals surface area contributed by atoms with Crippen LogP contribution < -0.4 is 10.6 Å². The van der Waals surface area contributed by atoms with Crippen LogP contribution in [0.15, 0.2) is 29.3 Å². The van der Waals surface area contributed by atoms with Crippen molar-refractivity contribution in [1.29, 1.82) is 0 Å². The van der Waals surface area contributed by atoms with Crippen molar-refractivity contribution in [3.05, 3.63) is 34.9 Å². The van der Waals surface area contributed by atoms with Gasteiger partial charge in [-0.3, -0.25) is 4.99 Å². The summed E-state index contributed by atoms with van der Waals surface area (Å²) in [6.07, 6.45) is 3.66. The molecule has 0 heterocycles. The van der Waals surface area contributed by atoms with E-state index in [1.165, 1.54) is 12.8 Å². The molecule has 4 nitrogen and oxygen atoms in total. The molecule has 0 aromatic heterocycles. The summed E-state index contributed by atoms with van der Waals surface area (Å²) in [6.45, 7) is 6.75. The Morgan fingerprint density at radius 1 is 1.43 bits per heavy atom. The van der Waals surface area contributed by atoms with Gasteiger partial charge in [0.05, 0.1) is 6.04 Å². The van der Waals surface area contributed by atoms with Crippen LogP contribution in [0.3, 0.4) is 0 Å². The van der Waals surface area contributed by atoms with Crippen molar-refractivity contribution in [2.45, 2.75) is 39.2 Å². The molecule has 0 bridgehead atoms. The Labute approximate surface area is 144 Å². The normalized spacial score (nSPS) is 17.7. The highest BCUT2D eigenvalue weighted by molar-refractivity contribution is 6.30. The van der Waals surface area contributed by atoms with Gasteiger partial charge in [0.1, 0.15) is 0 Å². The van der Waals surface area contributed by atoms with Gasteiger partial charge in [-0.1, -0.05) is 23.7 Å². The lowest BCUT2D eigenvalue weighted by atomic mass is 10.0. The van der Waals surface area contributed by atoms with Crippen molar-refractivity contribution < 1.29 is 4.74 Å². The van der Waals surface area contributed by atoms with Crippen LogP contribution in [0.25, 0.3) is 0 Å². The molecule has 1 aromatic carbocycles. The Morgan fingerprint density at radius 3 is 2.83 bits per heavy atom. The zero-order chi connectivity index (χ0) is 16.7. The number of rotatable bonds is 8. The summed E-state index contributed by atoms with van der Waals surface area (Å²) in [4.78, 5) is 4.33. The first-order chi connectivity index (χ1) is 11.1. The molecular formula is C18H28ClN3O. The topological polar surface area (TPSA) is 45.6 Å². The Bertz CT molecular complexity index is 529. The van der Waals surface area contributed by atoms with Gasteiger partial charge in [0.2, 0.25) is 0 Å². The minimum absolute atomic E-state index is 0.151. The number of hydrogen-bond acceptors (Lipinski definition) is 2. The molecule has 1 fully saturated rings. The Kier molecular flexibility index (Phi) is 6.72. The van der Waals surface area contributed by atoms with E-state index in [1.54, 1.807) is 7.05 Å². The van der Waals surface area contributed by atoms with Crippen LogP contribution in [0, 0.1) is 5.41 Å². The molecule has 2 N–H and O–H groups in total. The molecule has 0 radical (unpaired) electrons. The van der Waals surface area contributed by atoms with Gasteiger partial charge in [0, 0.05) is 31.8 Å². The minimum atomic E-state index is 0.151. The first-order valence-corrected chi connectivity index (χ1v) is 8.77. The lowest BCUT2D eigenvalue weighted by Crippen LogP contribution is -2.41.